The van der Waals surface area contributed by atoms with Gasteiger partial charge in [0.25, 0.3) is 0 Å². The summed E-state index contributed by atoms with van der Waals surface area (Å²) < 4.78 is 43.4. The van der Waals surface area contributed by atoms with Gasteiger partial charge in [-0.15, -0.1) is 0 Å². The fourth-order valence-electron chi connectivity index (χ4n) is 9.30. The minimum absolute atomic E-state index is 0.186. The summed E-state index contributed by atoms with van der Waals surface area (Å²) in [7, 11) is -3.30. The lowest BCUT2D eigenvalue weighted by Gasteiger charge is -2.60. The zero-order valence-electron chi connectivity index (χ0n) is 22.7. The summed E-state index contributed by atoms with van der Waals surface area (Å²) in [5, 5.41) is 10.1. The van der Waals surface area contributed by atoms with Gasteiger partial charge >= 0.3 is 0 Å². The van der Waals surface area contributed by atoms with Gasteiger partial charge in [0.2, 0.25) is 10.0 Å². The monoisotopic (exact) mass is 526 g/mol. The molecule has 3 aliphatic carbocycles. The molecule has 5 nitrogen and oxygen atoms in total. The van der Waals surface area contributed by atoms with Crippen LogP contribution in [0.1, 0.15) is 97.3 Å². The first-order valence-corrected chi connectivity index (χ1v) is 16.8. The summed E-state index contributed by atoms with van der Waals surface area (Å²) in [6, 6.07) is 0.437. The second-order valence-electron chi connectivity index (χ2n) is 13.3. The third-order valence-corrected chi connectivity index (χ3v) is 13.8. The Balaban J connectivity index is 1.26. The molecule has 5 fully saturated rings. The topological polar surface area (TPSA) is 60.9 Å². The maximum Gasteiger partial charge on any atom is 0.217 e. The first-order chi connectivity index (χ1) is 17.3. The van der Waals surface area contributed by atoms with Crippen LogP contribution >= 0.6 is 0 Å². The molecule has 1 N–H and O–H groups in total. The summed E-state index contributed by atoms with van der Waals surface area (Å²) in [5.41, 5.74) is 0. The Bertz CT molecular complexity index is 832. The summed E-state index contributed by atoms with van der Waals surface area (Å²) in [6.07, 6.45) is 12.7. The second-order valence-corrected chi connectivity index (χ2v) is 15.4. The van der Waals surface area contributed by atoms with E-state index in [0.29, 0.717) is 36.8 Å². The highest BCUT2D eigenvalue weighted by Gasteiger charge is 2.53. The number of aliphatic hydroxyl groups excluding tert-OH is 1. The van der Waals surface area contributed by atoms with Crippen molar-refractivity contribution in [3.8, 4) is 0 Å². The first kappa shape index (κ1) is 27.3. The van der Waals surface area contributed by atoms with Crippen LogP contribution in [-0.2, 0) is 10.0 Å². The quantitative estimate of drug-likeness (QED) is 0.533. The highest BCUT2D eigenvalue weighted by atomic mass is 32.2. The van der Waals surface area contributed by atoms with Gasteiger partial charge in [0.15, 0.2) is 0 Å². The molecule has 0 bridgehead atoms. The van der Waals surface area contributed by atoms with Gasteiger partial charge < -0.3 is 5.11 Å². The molecule has 0 aromatic carbocycles. The Hall–Kier alpha value is -0.240. The highest BCUT2D eigenvalue weighted by molar-refractivity contribution is 7.89. The van der Waals surface area contributed by atoms with Crippen LogP contribution in [0.5, 0.6) is 0 Å². The molecular formula is C29H51FN2O3S. The van der Waals surface area contributed by atoms with Crippen LogP contribution in [0.3, 0.4) is 0 Å². The van der Waals surface area contributed by atoms with Gasteiger partial charge in [0.05, 0.1) is 11.9 Å². The van der Waals surface area contributed by atoms with Gasteiger partial charge in [-0.1, -0.05) is 26.7 Å². The normalized spacial score (nSPS) is 45.8. The predicted octanol–water partition coefficient (Wildman–Crippen LogP) is 5.23. The molecule has 0 aromatic rings. The summed E-state index contributed by atoms with van der Waals surface area (Å²) in [6.45, 7) is 6.83. The molecule has 5 rings (SSSR count). The van der Waals surface area contributed by atoms with E-state index in [1.807, 2.05) is 4.31 Å². The van der Waals surface area contributed by atoms with E-state index in [0.717, 1.165) is 70.3 Å². The van der Waals surface area contributed by atoms with Crippen molar-refractivity contribution in [2.24, 2.45) is 35.5 Å². The molecule has 2 heterocycles. The van der Waals surface area contributed by atoms with Crippen LogP contribution in [0.2, 0.25) is 0 Å². The van der Waals surface area contributed by atoms with Crippen LogP contribution in [0.15, 0.2) is 0 Å². The largest absolute Gasteiger partial charge is 0.395 e. The minimum Gasteiger partial charge on any atom is -0.395 e. The molecule has 0 radical (unpaired) electrons. The Kier molecular flexibility index (Phi) is 8.71. The Morgan fingerprint density at radius 1 is 0.833 bits per heavy atom. The first-order valence-electron chi connectivity index (χ1n) is 15.3. The van der Waals surface area contributed by atoms with E-state index >= 15 is 0 Å². The molecule has 8 atom stereocenters. The number of fused-ring (bicyclic) bond motifs is 1. The Morgan fingerprint density at radius 2 is 1.53 bits per heavy atom. The summed E-state index contributed by atoms with van der Waals surface area (Å²) in [4.78, 5) is 2.45. The number of sulfonamides is 1. The van der Waals surface area contributed by atoms with Crippen LogP contribution < -0.4 is 0 Å². The van der Waals surface area contributed by atoms with Gasteiger partial charge in [-0.25, -0.2) is 17.1 Å². The zero-order valence-corrected chi connectivity index (χ0v) is 23.6. The van der Waals surface area contributed by atoms with Crippen molar-refractivity contribution >= 4 is 10.0 Å². The fraction of sp³-hybridized carbons (Fsp3) is 1.00. The number of hydrogen-bond acceptors (Lipinski definition) is 4. The van der Waals surface area contributed by atoms with Crippen molar-refractivity contribution in [3.63, 3.8) is 0 Å². The van der Waals surface area contributed by atoms with Crippen LogP contribution in [-0.4, -0.2) is 72.5 Å². The van der Waals surface area contributed by atoms with E-state index in [9.17, 15) is 17.9 Å². The molecule has 6 unspecified atom stereocenters. The number of aliphatic hydroxyl groups is 1. The minimum atomic E-state index is -3.30. The molecule has 7 heteroatoms. The number of nitrogens with zero attached hydrogens (tertiary/aromatic N) is 2. The third-order valence-electron chi connectivity index (χ3n) is 11.3. The van der Waals surface area contributed by atoms with E-state index in [2.05, 4.69) is 18.7 Å². The van der Waals surface area contributed by atoms with Gasteiger partial charge in [-0.2, -0.15) is 0 Å². The lowest BCUT2D eigenvalue weighted by atomic mass is 9.61. The molecule has 2 aliphatic heterocycles. The van der Waals surface area contributed by atoms with Crippen LogP contribution in [0, 0.1) is 35.5 Å². The molecule has 0 aromatic heterocycles. The van der Waals surface area contributed by atoms with E-state index in [-0.39, 0.29) is 29.9 Å². The Labute approximate surface area is 219 Å². The summed E-state index contributed by atoms with van der Waals surface area (Å²) >= 11 is 0. The third kappa shape index (κ3) is 5.29. The predicted molar refractivity (Wildman–Crippen MR) is 143 cm³/mol. The molecule has 0 amide bonds. The number of halogens is 1. The molecular weight excluding hydrogens is 475 g/mol. The van der Waals surface area contributed by atoms with E-state index < -0.39 is 16.2 Å². The van der Waals surface area contributed by atoms with E-state index in [1.54, 1.807) is 0 Å². The average Bonchev–Trinajstić information content (AvgIpc) is 2.83. The highest BCUT2D eigenvalue weighted by Crippen LogP contribution is 2.49. The van der Waals surface area contributed by atoms with Gasteiger partial charge in [0, 0.05) is 25.2 Å². The average molecular weight is 527 g/mol. The number of alkyl halides is 1. The molecule has 208 valence electrons. The Morgan fingerprint density at radius 3 is 2.22 bits per heavy atom. The maximum absolute atomic E-state index is 13.9. The van der Waals surface area contributed by atoms with Gasteiger partial charge in [-0.05, 0) is 113 Å². The molecule has 0 spiro atoms. The SMILES string of the molecule is CC1CC(F)CCC1C1CCC([C@H]2C3CN(S(=O)(=O)C4CCCCC4C)CCCCN3[C@@H]2CO)CC1. The molecule has 3 saturated carbocycles. The lowest BCUT2D eigenvalue weighted by Crippen LogP contribution is -2.71. The molecule has 36 heavy (non-hydrogen) atoms. The smallest absolute Gasteiger partial charge is 0.217 e. The number of hydrogen-bond donors (Lipinski definition) is 1. The second kappa shape index (κ2) is 11.5. The number of rotatable bonds is 5. The van der Waals surface area contributed by atoms with Crippen LogP contribution in [0.25, 0.3) is 0 Å². The van der Waals surface area contributed by atoms with Crippen molar-refractivity contribution in [2.75, 3.05) is 26.2 Å². The van der Waals surface area contributed by atoms with Crippen LogP contribution in [0.4, 0.5) is 4.39 Å². The van der Waals surface area contributed by atoms with E-state index in [4.69, 9.17) is 0 Å². The van der Waals surface area contributed by atoms with Crippen molar-refractivity contribution in [1.82, 2.24) is 9.21 Å². The fourth-order valence-corrected chi connectivity index (χ4v) is 11.6. The van der Waals surface area contributed by atoms with Crippen molar-refractivity contribution in [3.05, 3.63) is 0 Å². The van der Waals surface area contributed by atoms with Gasteiger partial charge in [0.1, 0.15) is 6.17 Å². The summed E-state index contributed by atoms with van der Waals surface area (Å²) in [5.74, 6) is 3.10. The standard InChI is InChI=1S/C29H51FN2O3S/c1-20-7-3-4-8-28(20)36(34,35)31-15-5-6-16-32-26(18-31)29(27(32)19-33)23-11-9-22(10-12-23)25-14-13-24(30)17-21(25)2/h20-29,33H,3-19H2,1-2H3/t20?,21?,22?,23?,24?,25?,26?,27-,28?,29+/m1/s1. The van der Waals surface area contributed by atoms with Crippen molar-refractivity contribution < 1.29 is 17.9 Å². The zero-order chi connectivity index (χ0) is 25.4. The van der Waals surface area contributed by atoms with Crippen molar-refractivity contribution in [2.45, 2.75) is 121 Å². The molecule has 5 aliphatic rings. The van der Waals surface area contributed by atoms with E-state index in [1.165, 1.54) is 25.7 Å². The van der Waals surface area contributed by atoms with Gasteiger partial charge in [-0.3, -0.25) is 4.90 Å². The molecule has 2 saturated heterocycles. The maximum atomic E-state index is 13.9. The lowest BCUT2D eigenvalue weighted by molar-refractivity contribution is -0.123. The van der Waals surface area contributed by atoms with Crippen molar-refractivity contribution in [1.29, 1.82) is 0 Å².